The second kappa shape index (κ2) is 7.14. The van der Waals surface area contributed by atoms with Gasteiger partial charge in [0.05, 0.1) is 23.6 Å². The van der Waals surface area contributed by atoms with Crippen LogP contribution < -0.4 is 4.72 Å². The maximum absolute atomic E-state index is 13.0. The summed E-state index contributed by atoms with van der Waals surface area (Å²) in [5, 5.41) is 0. The van der Waals surface area contributed by atoms with Crippen LogP contribution in [0.5, 0.6) is 0 Å². The molecule has 0 fully saturated rings. The minimum atomic E-state index is -4.35. The monoisotopic (exact) mass is 399 g/mol. The highest BCUT2D eigenvalue weighted by atomic mass is 32.2. The highest BCUT2D eigenvalue weighted by molar-refractivity contribution is 7.90. The van der Waals surface area contributed by atoms with Crippen LogP contribution in [-0.2, 0) is 30.4 Å². The summed E-state index contributed by atoms with van der Waals surface area (Å²) in [6.45, 7) is 7.59. The lowest BCUT2D eigenvalue weighted by atomic mass is 10.0. The Morgan fingerprint density at radius 3 is 2.56 bits per heavy atom. The van der Waals surface area contributed by atoms with E-state index in [9.17, 15) is 17.7 Å². The summed E-state index contributed by atoms with van der Waals surface area (Å²) in [6.07, 6.45) is -0.669. The van der Waals surface area contributed by atoms with Gasteiger partial charge in [0.25, 0.3) is 0 Å². The van der Waals surface area contributed by atoms with Crippen molar-refractivity contribution in [3.05, 3.63) is 47.0 Å². The van der Waals surface area contributed by atoms with Crippen LogP contribution in [0.25, 0.3) is 5.69 Å². The molecule has 8 heteroatoms. The van der Waals surface area contributed by atoms with Crippen LogP contribution >= 0.6 is 0 Å². The van der Waals surface area contributed by atoms with Crippen molar-refractivity contribution in [1.29, 1.82) is 0 Å². The zero-order valence-electron chi connectivity index (χ0n) is 15.9. The number of aromatic nitrogens is 2. The molecule has 0 saturated carbocycles. The summed E-state index contributed by atoms with van der Waals surface area (Å²) in [4.78, 5) is 4.49. The van der Waals surface area contributed by atoms with Gasteiger partial charge < -0.3 is 9.12 Å². The molecule has 0 spiro atoms. The Bertz CT molecular complexity index is 827. The van der Waals surface area contributed by atoms with Crippen LogP contribution in [0.4, 0.5) is 13.2 Å². The molecule has 2 aromatic rings. The smallest absolute Gasteiger partial charge is 0.416 e. The van der Waals surface area contributed by atoms with Crippen molar-refractivity contribution >= 4 is 11.4 Å². The van der Waals surface area contributed by atoms with Crippen molar-refractivity contribution in [3.63, 3.8) is 0 Å². The summed E-state index contributed by atoms with van der Waals surface area (Å²) in [5.41, 5.74) is 2.53. The van der Waals surface area contributed by atoms with Gasteiger partial charge in [-0.3, -0.25) is 0 Å². The molecule has 1 aromatic carbocycles. The molecule has 0 bridgehead atoms. The number of benzene rings is 1. The number of hydrogen-bond donors (Lipinski definition) is 1. The number of alkyl halides is 3. The van der Waals surface area contributed by atoms with Crippen LogP contribution in [0.2, 0.25) is 0 Å². The molecular weight excluding hydrogens is 375 g/mol. The van der Waals surface area contributed by atoms with Crippen molar-refractivity contribution in [1.82, 2.24) is 14.3 Å². The van der Waals surface area contributed by atoms with Crippen molar-refractivity contribution in [2.45, 2.75) is 63.9 Å². The van der Waals surface area contributed by atoms with E-state index in [2.05, 4.69) is 9.71 Å². The molecule has 0 radical (unpaired) electrons. The Balaban J connectivity index is 1.95. The lowest BCUT2D eigenvalue weighted by Gasteiger charge is -2.26. The predicted molar refractivity (Wildman–Crippen MR) is 100 cm³/mol. The first-order valence-electron chi connectivity index (χ1n) is 8.93. The molecule has 1 aromatic heterocycles. The zero-order valence-corrected chi connectivity index (χ0v) is 16.7. The number of aryl methyl sites for hydroxylation is 1. The van der Waals surface area contributed by atoms with Crippen LogP contribution in [0.15, 0.2) is 24.5 Å². The van der Waals surface area contributed by atoms with Crippen molar-refractivity contribution < 1.29 is 17.7 Å². The fourth-order valence-electron chi connectivity index (χ4n) is 3.24. The molecule has 0 amide bonds. The lowest BCUT2D eigenvalue weighted by molar-refractivity contribution is -0.137. The van der Waals surface area contributed by atoms with Crippen LogP contribution in [0.1, 0.15) is 62.7 Å². The molecule has 148 valence electrons. The highest BCUT2D eigenvalue weighted by Gasteiger charge is 2.33. The van der Waals surface area contributed by atoms with Gasteiger partial charge in [0.1, 0.15) is 4.75 Å². The predicted octanol–water partition coefficient (Wildman–Crippen LogP) is 4.49. The molecule has 1 aliphatic rings. The number of rotatable bonds is 3. The second-order valence-electron chi connectivity index (χ2n) is 7.86. The van der Waals surface area contributed by atoms with Gasteiger partial charge in [-0.25, -0.2) is 4.98 Å². The minimum Gasteiger partial charge on any atom is -0.598 e. The van der Waals surface area contributed by atoms with E-state index in [1.165, 1.54) is 12.1 Å². The maximum Gasteiger partial charge on any atom is 0.416 e. The Morgan fingerprint density at radius 1 is 1.22 bits per heavy atom. The molecule has 2 heterocycles. The summed E-state index contributed by atoms with van der Waals surface area (Å²) in [7, 11) is 0. The number of fused-ring (bicyclic) bond motifs is 3. The molecule has 1 aliphatic heterocycles. The van der Waals surface area contributed by atoms with Crippen molar-refractivity contribution in [2.24, 2.45) is 0 Å². The summed E-state index contributed by atoms with van der Waals surface area (Å²) in [6, 6.07) is 3.64. The van der Waals surface area contributed by atoms with E-state index in [-0.39, 0.29) is 6.04 Å². The van der Waals surface area contributed by atoms with E-state index in [4.69, 9.17) is 0 Å². The molecule has 4 nitrogen and oxygen atoms in total. The Kier molecular flexibility index (Phi) is 5.35. The summed E-state index contributed by atoms with van der Waals surface area (Å²) in [5.74, 6) is 0. The summed E-state index contributed by atoms with van der Waals surface area (Å²) < 4.78 is 56.0. The quantitative estimate of drug-likeness (QED) is 0.774. The van der Waals surface area contributed by atoms with Crippen molar-refractivity contribution in [3.8, 4) is 5.69 Å². The highest BCUT2D eigenvalue weighted by Crippen LogP contribution is 2.34. The number of imidazole rings is 1. The van der Waals surface area contributed by atoms with E-state index in [0.717, 1.165) is 29.6 Å². The van der Waals surface area contributed by atoms with Crippen LogP contribution in [0.3, 0.4) is 0 Å². The van der Waals surface area contributed by atoms with Gasteiger partial charge in [-0.1, -0.05) is 0 Å². The van der Waals surface area contributed by atoms with Crippen molar-refractivity contribution in [2.75, 3.05) is 0 Å². The third kappa shape index (κ3) is 4.17. The second-order valence-corrected chi connectivity index (χ2v) is 9.86. The van der Waals surface area contributed by atoms with Gasteiger partial charge in [-0.05, 0) is 70.7 Å². The molecule has 0 unspecified atom stereocenters. The van der Waals surface area contributed by atoms with E-state index in [0.29, 0.717) is 18.4 Å². The molecule has 3 rings (SSSR count). The number of nitrogens with zero attached hydrogens (tertiary/aromatic N) is 2. The first kappa shape index (κ1) is 20.2. The van der Waals surface area contributed by atoms with E-state index >= 15 is 0 Å². The number of nitrogens with one attached hydrogen (secondary N) is 1. The molecule has 2 atom stereocenters. The van der Waals surface area contributed by atoms with E-state index in [1.807, 2.05) is 32.3 Å². The Labute approximate surface area is 160 Å². The Morgan fingerprint density at radius 2 is 1.93 bits per heavy atom. The zero-order chi connectivity index (χ0) is 20.0. The maximum atomic E-state index is 13.0. The van der Waals surface area contributed by atoms with Crippen LogP contribution in [-0.4, -0.2) is 18.9 Å². The van der Waals surface area contributed by atoms with E-state index < -0.39 is 27.8 Å². The fourth-order valence-corrected chi connectivity index (χ4v) is 4.03. The number of hydrogen-bond acceptors (Lipinski definition) is 3. The largest absolute Gasteiger partial charge is 0.598 e. The van der Waals surface area contributed by atoms with Gasteiger partial charge in [0.15, 0.2) is 0 Å². The molecule has 1 N–H and O–H groups in total. The van der Waals surface area contributed by atoms with Gasteiger partial charge in [0, 0.05) is 22.7 Å². The molecule has 0 aliphatic carbocycles. The minimum absolute atomic E-state index is 0.225. The Hall–Kier alpha value is -1.51. The fraction of sp³-hybridized carbons (Fsp3) is 0.526. The number of halogens is 3. The standard InChI is InChI=1S/C19H24F3N3OS/c1-12(24-27(26)18(2,3)4)17-16-7-5-6-13-10-14(19(20,21)22)8-9-15(13)25(16)11-23-17/h8-12,24H,5-7H2,1-4H3/t12-,27-/m0/s1. The molecular formula is C19H24F3N3OS. The summed E-state index contributed by atoms with van der Waals surface area (Å²) >= 11 is -1.24. The van der Waals surface area contributed by atoms with Gasteiger partial charge in [-0.2, -0.15) is 13.2 Å². The van der Waals surface area contributed by atoms with Gasteiger partial charge >= 0.3 is 6.18 Å². The average molecular weight is 399 g/mol. The van der Waals surface area contributed by atoms with E-state index in [1.54, 1.807) is 6.33 Å². The molecule has 27 heavy (non-hydrogen) atoms. The lowest BCUT2D eigenvalue weighted by Crippen LogP contribution is -2.40. The first-order chi connectivity index (χ1) is 12.5. The topological polar surface area (TPSA) is 52.9 Å². The van der Waals surface area contributed by atoms with Gasteiger partial charge in [0.2, 0.25) is 0 Å². The third-order valence-corrected chi connectivity index (χ3v) is 6.35. The molecule has 0 saturated heterocycles. The SMILES string of the molecule is C[C@H](N[S@@+]([O-])C(C)(C)C)c1ncn2c1CCCc1cc(C(F)(F)F)ccc1-2. The van der Waals surface area contributed by atoms with Crippen LogP contribution in [0, 0.1) is 0 Å². The third-order valence-electron chi connectivity index (χ3n) is 4.67. The first-order valence-corrected chi connectivity index (χ1v) is 10.1. The average Bonchev–Trinajstić information content (AvgIpc) is 2.88. The van der Waals surface area contributed by atoms with Gasteiger partial charge in [-0.15, -0.1) is 4.72 Å². The normalized spacial score (nSPS) is 17.0.